The molecule has 0 radical (unpaired) electrons. The summed E-state index contributed by atoms with van der Waals surface area (Å²) in [6, 6.07) is 0.625. The van der Waals surface area contributed by atoms with Gasteiger partial charge in [0.05, 0.1) is 12.6 Å². The van der Waals surface area contributed by atoms with Gasteiger partial charge in [0.1, 0.15) is 0 Å². The molecule has 2 aliphatic rings. The van der Waals surface area contributed by atoms with Crippen molar-refractivity contribution in [3.05, 3.63) is 0 Å². The lowest BCUT2D eigenvalue weighted by molar-refractivity contribution is 0.363. The maximum Gasteiger partial charge on any atom is 0.191 e. The Morgan fingerprint density at radius 1 is 1.60 bits per heavy atom. The summed E-state index contributed by atoms with van der Waals surface area (Å²) in [4.78, 5) is 6.29. The summed E-state index contributed by atoms with van der Waals surface area (Å²) < 4.78 is 0. The zero-order valence-electron chi connectivity index (χ0n) is 6.25. The van der Waals surface area contributed by atoms with Gasteiger partial charge >= 0.3 is 0 Å². The molecule has 0 spiro atoms. The molecule has 1 fully saturated rings. The first-order chi connectivity index (χ1) is 4.79. The van der Waals surface area contributed by atoms with Crippen molar-refractivity contribution in [2.45, 2.75) is 18.9 Å². The second-order valence-electron chi connectivity index (χ2n) is 3.21. The number of aliphatic imine (C=N–C) groups is 1. The Bertz CT molecular complexity index is 172. The Labute approximate surface area is 60.9 Å². The van der Waals surface area contributed by atoms with Gasteiger partial charge in [-0.1, -0.05) is 0 Å². The lowest BCUT2D eigenvalue weighted by Crippen LogP contribution is -2.38. The summed E-state index contributed by atoms with van der Waals surface area (Å²) in [6.07, 6.45) is 2.75. The van der Waals surface area contributed by atoms with Crippen LogP contribution < -0.4 is 5.73 Å². The fraction of sp³-hybridized carbons (Fsp3) is 0.857. The summed E-state index contributed by atoms with van der Waals surface area (Å²) in [5.74, 6) is 1.60. The van der Waals surface area contributed by atoms with E-state index in [-0.39, 0.29) is 0 Å². The molecule has 1 atom stereocenters. The molecule has 0 amide bonds. The van der Waals surface area contributed by atoms with Crippen molar-refractivity contribution in [3.63, 3.8) is 0 Å². The Morgan fingerprint density at radius 2 is 2.30 bits per heavy atom. The molecule has 56 valence electrons. The van der Waals surface area contributed by atoms with Crippen LogP contribution in [-0.4, -0.2) is 30.5 Å². The van der Waals surface area contributed by atoms with E-state index < -0.39 is 0 Å². The van der Waals surface area contributed by atoms with Gasteiger partial charge < -0.3 is 10.6 Å². The van der Waals surface area contributed by atoms with Gasteiger partial charge in [-0.25, -0.2) is 0 Å². The lowest BCUT2D eigenvalue weighted by Gasteiger charge is -2.20. The number of rotatable bonds is 1. The maximum atomic E-state index is 5.61. The molecule has 3 heteroatoms. The van der Waals surface area contributed by atoms with Crippen LogP contribution in [0.5, 0.6) is 0 Å². The van der Waals surface area contributed by atoms with E-state index in [1.165, 1.54) is 12.8 Å². The van der Waals surface area contributed by atoms with Crippen molar-refractivity contribution in [1.82, 2.24) is 4.90 Å². The molecule has 1 aliphatic heterocycles. The van der Waals surface area contributed by atoms with Crippen molar-refractivity contribution in [3.8, 4) is 0 Å². The normalized spacial score (nSPS) is 32.7. The Kier molecular flexibility index (Phi) is 1.13. The number of nitrogens with zero attached hydrogens (tertiary/aromatic N) is 2. The first-order valence-corrected chi connectivity index (χ1v) is 3.82. The topological polar surface area (TPSA) is 41.6 Å². The standard InChI is InChI=1S/C7H13N3/c1-10-6(5-2-3-5)4-9-7(10)8/h5-6H,2-4H2,1H3,(H2,8,9). The zero-order valence-corrected chi connectivity index (χ0v) is 6.25. The first kappa shape index (κ1) is 6.01. The third-order valence-corrected chi connectivity index (χ3v) is 2.47. The van der Waals surface area contributed by atoms with Crippen LogP contribution in [0.25, 0.3) is 0 Å². The van der Waals surface area contributed by atoms with E-state index in [1.807, 2.05) is 7.05 Å². The second kappa shape index (κ2) is 1.87. The monoisotopic (exact) mass is 139 g/mol. The van der Waals surface area contributed by atoms with Gasteiger partial charge in [0.15, 0.2) is 5.96 Å². The number of nitrogens with two attached hydrogens (primary N) is 1. The molecule has 2 N–H and O–H groups in total. The molecule has 1 aliphatic carbocycles. The molecule has 3 nitrogen and oxygen atoms in total. The van der Waals surface area contributed by atoms with Crippen LogP contribution in [-0.2, 0) is 0 Å². The third kappa shape index (κ3) is 0.770. The van der Waals surface area contributed by atoms with Crippen LogP contribution in [0.1, 0.15) is 12.8 Å². The fourth-order valence-corrected chi connectivity index (χ4v) is 1.54. The minimum absolute atomic E-state index is 0.625. The van der Waals surface area contributed by atoms with E-state index >= 15 is 0 Å². The average molecular weight is 139 g/mol. The molecule has 2 rings (SSSR count). The third-order valence-electron chi connectivity index (χ3n) is 2.47. The van der Waals surface area contributed by atoms with Crippen LogP contribution in [0.15, 0.2) is 4.99 Å². The zero-order chi connectivity index (χ0) is 7.14. The van der Waals surface area contributed by atoms with E-state index in [0.717, 1.165) is 18.4 Å². The summed E-state index contributed by atoms with van der Waals surface area (Å²) in [5, 5.41) is 0. The van der Waals surface area contributed by atoms with Crippen molar-refractivity contribution in [1.29, 1.82) is 0 Å². The molecule has 1 saturated carbocycles. The van der Waals surface area contributed by atoms with Crippen molar-refractivity contribution in [2.24, 2.45) is 16.6 Å². The molecule has 0 bridgehead atoms. The highest BCUT2D eigenvalue weighted by Crippen LogP contribution is 2.36. The van der Waals surface area contributed by atoms with Gasteiger partial charge in [0.25, 0.3) is 0 Å². The van der Waals surface area contributed by atoms with Crippen LogP contribution in [0.2, 0.25) is 0 Å². The van der Waals surface area contributed by atoms with E-state index in [1.54, 1.807) is 0 Å². The van der Waals surface area contributed by atoms with Crippen LogP contribution in [0.4, 0.5) is 0 Å². The molecule has 0 aromatic carbocycles. The van der Waals surface area contributed by atoms with E-state index in [9.17, 15) is 0 Å². The number of hydrogen-bond donors (Lipinski definition) is 1. The summed E-state index contributed by atoms with van der Waals surface area (Å²) >= 11 is 0. The van der Waals surface area contributed by atoms with E-state index in [4.69, 9.17) is 5.73 Å². The van der Waals surface area contributed by atoms with Gasteiger partial charge in [0.2, 0.25) is 0 Å². The predicted molar refractivity (Wildman–Crippen MR) is 40.8 cm³/mol. The lowest BCUT2D eigenvalue weighted by atomic mass is 10.2. The molecular formula is C7H13N3. The fourth-order valence-electron chi connectivity index (χ4n) is 1.54. The Morgan fingerprint density at radius 3 is 2.70 bits per heavy atom. The summed E-state index contributed by atoms with van der Waals surface area (Å²) in [6.45, 7) is 0.924. The Hall–Kier alpha value is -0.730. The van der Waals surface area contributed by atoms with Crippen molar-refractivity contribution < 1.29 is 0 Å². The SMILES string of the molecule is CN1C(N)=NCC1C1CC1. The van der Waals surface area contributed by atoms with Crippen LogP contribution in [0, 0.1) is 5.92 Å². The first-order valence-electron chi connectivity index (χ1n) is 3.82. The van der Waals surface area contributed by atoms with Crippen molar-refractivity contribution in [2.75, 3.05) is 13.6 Å². The van der Waals surface area contributed by atoms with Crippen LogP contribution >= 0.6 is 0 Å². The predicted octanol–water partition coefficient (Wildman–Crippen LogP) is 0.0251. The molecular weight excluding hydrogens is 126 g/mol. The highest BCUT2D eigenvalue weighted by Gasteiger charge is 2.36. The number of hydrogen-bond acceptors (Lipinski definition) is 3. The Balaban J connectivity index is 2.02. The molecule has 1 unspecified atom stereocenters. The van der Waals surface area contributed by atoms with Gasteiger partial charge in [-0.05, 0) is 18.8 Å². The van der Waals surface area contributed by atoms with E-state index in [2.05, 4.69) is 9.89 Å². The van der Waals surface area contributed by atoms with Gasteiger partial charge in [0, 0.05) is 7.05 Å². The molecule has 0 aromatic heterocycles. The largest absolute Gasteiger partial charge is 0.370 e. The van der Waals surface area contributed by atoms with Gasteiger partial charge in [-0.15, -0.1) is 0 Å². The number of guanidine groups is 1. The smallest absolute Gasteiger partial charge is 0.191 e. The van der Waals surface area contributed by atoms with Gasteiger partial charge in [-0.2, -0.15) is 0 Å². The molecule has 10 heavy (non-hydrogen) atoms. The minimum Gasteiger partial charge on any atom is -0.370 e. The molecule has 0 saturated heterocycles. The highest BCUT2D eigenvalue weighted by atomic mass is 15.3. The van der Waals surface area contributed by atoms with Gasteiger partial charge in [-0.3, -0.25) is 4.99 Å². The highest BCUT2D eigenvalue weighted by molar-refractivity contribution is 5.79. The number of likely N-dealkylation sites (N-methyl/N-ethyl adjacent to an activating group) is 1. The summed E-state index contributed by atoms with van der Waals surface area (Å²) in [7, 11) is 2.04. The average Bonchev–Trinajstić information content (AvgIpc) is 2.67. The minimum atomic E-state index is 0.625. The maximum absolute atomic E-state index is 5.61. The van der Waals surface area contributed by atoms with E-state index in [0.29, 0.717) is 6.04 Å². The second-order valence-corrected chi connectivity index (χ2v) is 3.21. The van der Waals surface area contributed by atoms with Crippen molar-refractivity contribution >= 4 is 5.96 Å². The quantitative estimate of drug-likeness (QED) is 0.556. The molecule has 0 aromatic rings. The summed E-state index contributed by atoms with van der Waals surface area (Å²) in [5.41, 5.74) is 5.61. The molecule has 1 heterocycles. The van der Waals surface area contributed by atoms with Crippen LogP contribution in [0.3, 0.4) is 0 Å².